The Morgan fingerprint density at radius 2 is 1.68 bits per heavy atom. The molecule has 2 N–H and O–H groups in total. The van der Waals surface area contributed by atoms with E-state index in [1.54, 1.807) is 18.2 Å². The summed E-state index contributed by atoms with van der Waals surface area (Å²) in [5.74, 6) is -0.395. The Morgan fingerprint density at radius 3 is 2.49 bits per heavy atom. The van der Waals surface area contributed by atoms with E-state index in [9.17, 15) is 14.0 Å². The van der Waals surface area contributed by atoms with Gasteiger partial charge in [-0.1, -0.05) is 42.5 Å². The van der Waals surface area contributed by atoms with Gasteiger partial charge in [-0.25, -0.2) is 9.82 Å². The maximum absolute atomic E-state index is 13.0. The monoisotopic (exact) mass is 499 g/mol. The molecule has 0 radical (unpaired) electrons. The molecule has 8 heteroatoms. The van der Waals surface area contributed by atoms with Crippen molar-refractivity contribution in [1.29, 1.82) is 0 Å². The summed E-state index contributed by atoms with van der Waals surface area (Å²) in [5, 5.41) is 8.72. The van der Waals surface area contributed by atoms with Gasteiger partial charge in [-0.2, -0.15) is 5.10 Å². The Bertz CT molecular complexity index is 1420. The molecule has 0 aliphatic carbocycles. The molecular weight excluding hydrogens is 473 g/mol. The van der Waals surface area contributed by atoms with Gasteiger partial charge in [0.05, 0.1) is 12.8 Å². The molecule has 0 aliphatic heterocycles. The topological polar surface area (TPSA) is 89.0 Å². The molecule has 4 aromatic rings. The van der Waals surface area contributed by atoms with E-state index in [0.717, 1.165) is 16.3 Å². The van der Waals surface area contributed by atoms with Crippen molar-refractivity contribution in [3.8, 4) is 11.5 Å². The zero-order valence-electron chi connectivity index (χ0n) is 20.2. The number of hydrazone groups is 1. The number of rotatable bonds is 10. The maximum Gasteiger partial charge on any atom is 0.249 e. The highest BCUT2D eigenvalue weighted by atomic mass is 19.1. The summed E-state index contributed by atoms with van der Waals surface area (Å²) in [7, 11) is 0. The van der Waals surface area contributed by atoms with Crippen molar-refractivity contribution in [3.63, 3.8) is 0 Å². The number of nitrogens with zero attached hydrogens (tertiary/aromatic N) is 1. The SMILES string of the molecule is CCOc1cc(C=NNC(=O)CC(=O)Nc2ccc(F)cc2)ccc1OCc1cccc2ccccc12. The minimum absolute atomic E-state index is 0.380. The number of fused-ring (bicyclic) bond motifs is 1. The van der Waals surface area contributed by atoms with Crippen LogP contribution >= 0.6 is 0 Å². The van der Waals surface area contributed by atoms with Crippen molar-refractivity contribution in [3.05, 3.63) is 102 Å². The zero-order chi connectivity index (χ0) is 26.0. The summed E-state index contributed by atoms with van der Waals surface area (Å²) < 4.78 is 24.8. The van der Waals surface area contributed by atoms with Crippen LogP contribution in [0.5, 0.6) is 11.5 Å². The van der Waals surface area contributed by atoms with Crippen LogP contribution in [0.1, 0.15) is 24.5 Å². The second kappa shape index (κ2) is 12.3. The Balaban J connectivity index is 1.34. The van der Waals surface area contributed by atoms with Crippen LogP contribution in [0.2, 0.25) is 0 Å². The predicted molar refractivity (Wildman–Crippen MR) is 141 cm³/mol. The van der Waals surface area contributed by atoms with Crippen molar-refractivity contribution in [2.24, 2.45) is 5.10 Å². The summed E-state index contributed by atoms with van der Waals surface area (Å²) in [4.78, 5) is 24.0. The van der Waals surface area contributed by atoms with Crippen molar-refractivity contribution in [1.82, 2.24) is 5.43 Å². The molecule has 188 valence electrons. The third-order valence-corrected chi connectivity index (χ3v) is 5.38. The number of benzene rings is 4. The molecule has 7 nitrogen and oxygen atoms in total. The van der Waals surface area contributed by atoms with Crippen LogP contribution in [0.15, 0.2) is 90.0 Å². The lowest BCUT2D eigenvalue weighted by Gasteiger charge is -2.13. The number of hydrogen-bond donors (Lipinski definition) is 2. The van der Waals surface area contributed by atoms with Gasteiger partial charge in [0.1, 0.15) is 18.8 Å². The van der Waals surface area contributed by atoms with Gasteiger partial charge in [0.2, 0.25) is 11.8 Å². The third-order valence-electron chi connectivity index (χ3n) is 5.38. The summed E-state index contributed by atoms with van der Waals surface area (Å²) >= 11 is 0. The second-order valence-electron chi connectivity index (χ2n) is 8.09. The number of amides is 2. The van der Waals surface area contributed by atoms with E-state index in [0.29, 0.717) is 36.0 Å². The van der Waals surface area contributed by atoms with Gasteiger partial charge in [-0.15, -0.1) is 0 Å². The first-order valence-electron chi connectivity index (χ1n) is 11.8. The second-order valence-corrected chi connectivity index (χ2v) is 8.09. The average molecular weight is 500 g/mol. The zero-order valence-corrected chi connectivity index (χ0v) is 20.2. The van der Waals surface area contributed by atoms with Crippen LogP contribution in [0.3, 0.4) is 0 Å². The highest BCUT2D eigenvalue weighted by Crippen LogP contribution is 2.30. The van der Waals surface area contributed by atoms with Crippen LogP contribution in [-0.4, -0.2) is 24.6 Å². The van der Waals surface area contributed by atoms with Gasteiger partial charge in [-0.3, -0.25) is 9.59 Å². The lowest BCUT2D eigenvalue weighted by molar-refractivity contribution is -0.126. The van der Waals surface area contributed by atoms with Gasteiger partial charge >= 0.3 is 0 Å². The average Bonchev–Trinajstić information content (AvgIpc) is 2.89. The number of hydrogen-bond acceptors (Lipinski definition) is 5. The molecule has 0 saturated carbocycles. The first-order chi connectivity index (χ1) is 18.0. The quantitative estimate of drug-likeness (QED) is 0.173. The minimum atomic E-state index is -0.587. The molecule has 4 aromatic carbocycles. The Kier molecular flexibility index (Phi) is 8.44. The molecule has 0 unspecified atom stereocenters. The molecule has 0 saturated heterocycles. The van der Waals surface area contributed by atoms with E-state index in [1.807, 2.05) is 31.2 Å². The molecule has 0 spiro atoms. The molecule has 0 bridgehead atoms. The van der Waals surface area contributed by atoms with Crippen LogP contribution < -0.4 is 20.2 Å². The fourth-order valence-electron chi connectivity index (χ4n) is 3.67. The van der Waals surface area contributed by atoms with Crippen LogP contribution in [0, 0.1) is 5.82 Å². The summed E-state index contributed by atoms with van der Waals surface area (Å²) in [5.41, 5.74) is 4.47. The maximum atomic E-state index is 13.0. The van der Waals surface area contributed by atoms with Gasteiger partial charge in [0.25, 0.3) is 0 Å². The lowest BCUT2D eigenvalue weighted by Crippen LogP contribution is -2.24. The molecule has 0 atom stereocenters. The van der Waals surface area contributed by atoms with Gasteiger partial charge in [0, 0.05) is 5.69 Å². The van der Waals surface area contributed by atoms with Crippen molar-refractivity contribution in [2.75, 3.05) is 11.9 Å². The molecule has 2 amide bonds. The summed E-state index contributed by atoms with van der Waals surface area (Å²) in [6.45, 7) is 2.71. The fraction of sp³-hybridized carbons (Fsp3) is 0.138. The number of halogens is 1. The fourth-order valence-corrected chi connectivity index (χ4v) is 3.67. The highest BCUT2D eigenvalue weighted by molar-refractivity contribution is 6.03. The highest BCUT2D eigenvalue weighted by Gasteiger charge is 2.10. The largest absolute Gasteiger partial charge is 0.490 e. The third kappa shape index (κ3) is 7.14. The normalized spacial score (nSPS) is 10.9. The number of carbonyl (C=O) groups is 2. The Labute approximate surface area is 213 Å². The number of nitrogens with one attached hydrogen (secondary N) is 2. The predicted octanol–water partition coefficient (Wildman–Crippen LogP) is 5.44. The molecule has 0 aliphatic rings. The number of anilines is 1. The molecule has 0 heterocycles. The molecule has 4 rings (SSSR count). The number of ether oxygens (including phenoxy) is 2. The van der Waals surface area contributed by atoms with E-state index in [1.165, 1.54) is 30.5 Å². The molecular formula is C29H26FN3O4. The van der Waals surface area contributed by atoms with Crippen LogP contribution in [0.25, 0.3) is 10.8 Å². The van der Waals surface area contributed by atoms with Gasteiger partial charge in [0.15, 0.2) is 11.5 Å². The van der Waals surface area contributed by atoms with Crippen molar-refractivity contribution < 1.29 is 23.5 Å². The first kappa shape index (κ1) is 25.4. The van der Waals surface area contributed by atoms with Crippen LogP contribution in [0.4, 0.5) is 10.1 Å². The Morgan fingerprint density at radius 1 is 0.892 bits per heavy atom. The molecule has 0 fully saturated rings. The van der Waals surface area contributed by atoms with Gasteiger partial charge in [-0.05, 0) is 71.3 Å². The van der Waals surface area contributed by atoms with E-state index >= 15 is 0 Å². The number of carbonyl (C=O) groups excluding carboxylic acids is 2. The van der Waals surface area contributed by atoms with E-state index in [2.05, 4.69) is 34.0 Å². The van der Waals surface area contributed by atoms with Crippen LogP contribution in [-0.2, 0) is 16.2 Å². The first-order valence-corrected chi connectivity index (χ1v) is 11.8. The van der Waals surface area contributed by atoms with E-state index in [-0.39, 0.29) is 0 Å². The van der Waals surface area contributed by atoms with E-state index in [4.69, 9.17) is 9.47 Å². The minimum Gasteiger partial charge on any atom is -0.490 e. The van der Waals surface area contributed by atoms with Crippen molar-refractivity contribution >= 4 is 34.5 Å². The van der Waals surface area contributed by atoms with Crippen molar-refractivity contribution in [2.45, 2.75) is 20.0 Å². The Hall–Kier alpha value is -4.72. The summed E-state index contributed by atoms with van der Waals surface area (Å²) in [6, 6.07) is 24.8. The van der Waals surface area contributed by atoms with E-state index < -0.39 is 24.1 Å². The standard InChI is InChI=1S/C29H26FN3O4/c1-2-36-27-16-20(18-31-33-29(35)17-28(34)32-24-13-11-23(30)12-14-24)10-15-26(27)37-19-22-8-5-7-21-6-3-4-9-25(21)22/h3-16,18H,2,17,19H2,1H3,(H,32,34)(H,33,35). The van der Waals surface area contributed by atoms with Gasteiger partial charge < -0.3 is 14.8 Å². The molecule has 0 aromatic heterocycles. The smallest absolute Gasteiger partial charge is 0.249 e. The lowest BCUT2D eigenvalue weighted by atomic mass is 10.1. The summed E-state index contributed by atoms with van der Waals surface area (Å²) in [6.07, 6.45) is 1.02. The molecule has 37 heavy (non-hydrogen) atoms.